The van der Waals surface area contributed by atoms with Crippen molar-refractivity contribution in [2.75, 3.05) is 13.1 Å². The van der Waals surface area contributed by atoms with Crippen molar-refractivity contribution >= 4 is 17.8 Å². The van der Waals surface area contributed by atoms with Gasteiger partial charge >= 0.3 is 11.9 Å². The lowest BCUT2D eigenvalue weighted by atomic mass is 9.71. The van der Waals surface area contributed by atoms with Gasteiger partial charge in [-0.15, -0.1) is 0 Å². The molecule has 1 aliphatic heterocycles. The number of aliphatic hydroxyl groups is 1. The number of piperidine rings is 1. The van der Waals surface area contributed by atoms with Crippen LogP contribution in [0.5, 0.6) is 0 Å². The van der Waals surface area contributed by atoms with Gasteiger partial charge < -0.3 is 20.2 Å². The van der Waals surface area contributed by atoms with Crippen molar-refractivity contribution in [3.63, 3.8) is 0 Å². The summed E-state index contributed by atoms with van der Waals surface area (Å²) in [5.74, 6) is -2.28. The predicted octanol–water partition coefficient (Wildman–Crippen LogP) is 1.15. The standard InChI is InChI=1S/C18H23NO6/c20-14-12-19(15(21)7-4-8-16(22)23)10-9-18(14,17(24)25)11-13-5-2-1-3-6-13/h1-3,5-6,14,20H,4,7-12H2,(H,22,23)(H,24,25)/t14-,18+/m0/s1. The Kier molecular flexibility index (Phi) is 6.14. The summed E-state index contributed by atoms with van der Waals surface area (Å²) >= 11 is 0. The van der Waals surface area contributed by atoms with E-state index in [1.54, 1.807) is 0 Å². The van der Waals surface area contributed by atoms with Crippen LogP contribution in [0.3, 0.4) is 0 Å². The van der Waals surface area contributed by atoms with Crippen molar-refractivity contribution in [3.05, 3.63) is 35.9 Å². The van der Waals surface area contributed by atoms with Crippen LogP contribution in [-0.4, -0.2) is 57.3 Å². The number of aliphatic hydroxyl groups excluding tert-OH is 1. The van der Waals surface area contributed by atoms with Gasteiger partial charge in [-0.1, -0.05) is 30.3 Å². The molecule has 1 aromatic carbocycles. The predicted molar refractivity (Wildman–Crippen MR) is 88.9 cm³/mol. The number of hydrogen-bond donors (Lipinski definition) is 3. The normalized spacial score (nSPS) is 23.2. The largest absolute Gasteiger partial charge is 0.481 e. The molecular weight excluding hydrogens is 326 g/mol. The third-order valence-corrected chi connectivity index (χ3v) is 4.78. The first-order valence-electron chi connectivity index (χ1n) is 8.30. The highest BCUT2D eigenvalue weighted by atomic mass is 16.4. The van der Waals surface area contributed by atoms with Gasteiger partial charge in [-0.3, -0.25) is 14.4 Å². The van der Waals surface area contributed by atoms with Gasteiger partial charge in [0.05, 0.1) is 6.10 Å². The zero-order valence-corrected chi connectivity index (χ0v) is 13.9. The number of β-amino-alcohol motifs (C(OH)–C–C–N with tert-alkyl or cyclic N) is 1. The fourth-order valence-electron chi connectivity index (χ4n) is 3.24. The summed E-state index contributed by atoms with van der Waals surface area (Å²) in [6.45, 7) is 0.188. The van der Waals surface area contributed by atoms with E-state index in [0.29, 0.717) is 0 Å². The van der Waals surface area contributed by atoms with Gasteiger partial charge in [0, 0.05) is 25.9 Å². The SMILES string of the molecule is O=C(O)CCCC(=O)N1CC[C@](Cc2ccccc2)(C(=O)O)[C@@H](O)C1. The average molecular weight is 349 g/mol. The molecule has 7 nitrogen and oxygen atoms in total. The lowest BCUT2D eigenvalue weighted by molar-refractivity contribution is -0.166. The van der Waals surface area contributed by atoms with Gasteiger partial charge in [-0.2, -0.15) is 0 Å². The lowest BCUT2D eigenvalue weighted by Gasteiger charge is -2.43. The molecule has 1 saturated heterocycles. The molecule has 1 amide bonds. The van der Waals surface area contributed by atoms with Gasteiger partial charge in [0.25, 0.3) is 0 Å². The van der Waals surface area contributed by atoms with E-state index in [1.165, 1.54) is 4.90 Å². The van der Waals surface area contributed by atoms with Crippen LogP contribution >= 0.6 is 0 Å². The Labute approximate surface area is 145 Å². The molecular formula is C18H23NO6. The smallest absolute Gasteiger partial charge is 0.312 e. The Bertz CT molecular complexity index is 632. The number of carboxylic acid groups (broad SMARTS) is 2. The first-order valence-corrected chi connectivity index (χ1v) is 8.30. The summed E-state index contributed by atoms with van der Waals surface area (Å²) in [6, 6.07) is 9.12. The molecule has 1 aliphatic rings. The summed E-state index contributed by atoms with van der Waals surface area (Å²) < 4.78 is 0. The van der Waals surface area contributed by atoms with Crippen LogP contribution in [0.15, 0.2) is 30.3 Å². The molecule has 7 heteroatoms. The van der Waals surface area contributed by atoms with Crippen molar-refractivity contribution in [1.29, 1.82) is 0 Å². The minimum Gasteiger partial charge on any atom is -0.481 e. The third kappa shape index (κ3) is 4.57. The Morgan fingerprint density at radius 3 is 2.36 bits per heavy atom. The topological polar surface area (TPSA) is 115 Å². The number of carbonyl (C=O) groups is 3. The average Bonchev–Trinajstić information content (AvgIpc) is 2.57. The van der Waals surface area contributed by atoms with Gasteiger partial charge in [0.1, 0.15) is 5.41 Å². The molecule has 3 N–H and O–H groups in total. The first kappa shape index (κ1) is 18.9. The van der Waals surface area contributed by atoms with Crippen LogP contribution in [0.4, 0.5) is 0 Å². The number of rotatable bonds is 7. The van der Waals surface area contributed by atoms with E-state index in [2.05, 4.69) is 0 Å². The monoisotopic (exact) mass is 349 g/mol. The molecule has 0 spiro atoms. The number of carbonyl (C=O) groups excluding carboxylic acids is 1. The van der Waals surface area contributed by atoms with E-state index in [1.807, 2.05) is 30.3 Å². The second-order valence-corrected chi connectivity index (χ2v) is 6.48. The minimum absolute atomic E-state index is 0.0506. The molecule has 0 bridgehead atoms. The van der Waals surface area contributed by atoms with E-state index in [4.69, 9.17) is 5.11 Å². The van der Waals surface area contributed by atoms with Crippen molar-refractivity contribution in [2.24, 2.45) is 5.41 Å². The van der Waals surface area contributed by atoms with Gasteiger partial charge in [-0.25, -0.2) is 0 Å². The summed E-state index contributed by atoms with van der Waals surface area (Å²) in [5, 5.41) is 28.9. The Balaban J connectivity index is 2.03. The molecule has 2 atom stereocenters. The van der Waals surface area contributed by atoms with Gasteiger partial charge in [-0.05, 0) is 24.8 Å². The number of likely N-dealkylation sites (tertiary alicyclic amines) is 1. The van der Waals surface area contributed by atoms with E-state index in [0.717, 1.165) is 5.56 Å². The van der Waals surface area contributed by atoms with Crippen molar-refractivity contribution in [2.45, 2.75) is 38.2 Å². The van der Waals surface area contributed by atoms with E-state index in [-0.39, 0.29) is 51.1 Å². The molecule has 2 rings (SSSR count). The molecule has 0 radical (unpaired) electrons. The van der Waals surface area contributed by atoms with Crippen LogP contribution in [0.25, 0.3) is 0 Å². The van der Waals surface area contributed by atoms with Gasteiger partial charge in [0.15, 0.2) is 0 Å². The summed E-state index contributed by atoms with van der Waals surface area (Å²) in [7, 11) is 0. The lowest BCUT2D eigenvalue weighted by Crippen LogP contribution is -2.57. The number of nitrogens with zero attached hydrogens (tertiary/aromatic N) is 1. The maximum absolute atomic E-state index is 12.1. The fraction of sp³-hybridized carbons (Fsp3) is 0.500. The van der Waals surface area contributed by atoms with Crippen LogP contribution in [0.1, 0.15) is 31.2 Å². The Morgan fingerprint density at radius 1 is 1.12 bits per heavy atom. The molecule has 1 heterocycles. The number of aliphatic carboxylic acids is 2. The maximum Gasteiger partial charge on any atom is 0.312 e. The molecule has 1 fully saturated rings. The highest BCUT2D eigenvalue weighted by Crippen LogP contribution is 2.36. The van der Waals surface area contributed by atoms with Crippen LogP contribution in [0, 0.1) is 5.41 Å². The van der Waals surface area contributed by atoms with Crippen molar-refractivity contribution < 1.29 is 29.7 Å². The second-order valence-electron chi connectivity index (χ2n) is 6.48. The number of carboxylic acids is 2. The second kappa shape index (κ2) is 8.11. The molecule has 1 aromatic rings. The summed E-state index contributed by atoms with van der Waals surface area (Å²) in [6.07, 6.45) is -0.599. The number of hydrogen-bond acceptors (Lipinski definition) is 4. The first-order chi connectivity index (χ1) is 11.8. The van der Waals surface area contributed by atoms with Crippen molar-refractivity contribution in [3.8, 4) is 0 Å². The van der Waals surface area contributed by atoms with E-state index in [9.17, 15) is 24.6 Å². The summed E-state index contributed by atoms with van der Waals surface area (Å²) in [4.78, 5) is 36.0. The molecule has 0 aliphatic carbocycles. The summed E-state index contributed by atoms with van der Waals surface area (Å²) in [5.41, 5.74) is -0.496. The molecule has 0 unspecified atom stereocenters. The molecule has 0 saturated carbocycles. The fourth-order valence-corrected chi connectivity index (χ4v) is 3.24. The third-order valence-electron chi connectivity index (χ3n) is 4.78. The Hall–Kier alpha value is -2.41. The van der Waals surface area contributed by atoms with Crippen LogP contribution in [-0.2, 0) is 20.8 Å². The van der Waals surface area contributed by atoms with E-state index >= 15 is 0 Å². The highest BCUT2D eigenvalue weighted by molar-refractivity contribution is 5.79. The Morgan fingerprint density at radius 2 is 1.80 bits per heavy atom. The van der Waals surface area contributed by atoms with Crippen LogP contribution < -0.4 is 0 Å². The highest BCUT2D eigenvalue weighted by Gasteiger charge is 2.49. The zero-order chi connectivity index (χ0) is 18.4. The molecule has 136 valence electrons. The van der Waals surface area contributed by atoms with E-state index < -0.39 is 23.5 Å². The minimum atomic E-state index is -1.32. The van der Waals surface area contributed by atoms with Crippen LogP contribution in [0.2, 0.25) is 0 Å². The maximum atomic E-state index is 12.1. The molecule has 25 heavy (non-hydrogen) atoms. The number of amides is 1. The number of benzene rings is 1. The van der Waals surface area contributed by atoms with Crippen molar-refractivity contribution in [1.82, 2.24) is 4.90 Å². The zero-order valence-electron chi connectivity index (χ0n) is 13.9. The van der Waals surface area contributed by atoms with Gasteiger partial charge in [0.2, 0.25) is 5.91 Å². The molecule has 0 aromatic heterocycles. The quantitative estimate of drug-likeness (QED) is 0.680.